The van der Waals surface area contributed by atoms with E-state index < -0.39 is 23.8 Å². The Morgan fingerprint density at radius 3 is 2.12 bits per heavy atom. The number of H-pyrrole nitrogens is 1. The molecular formula is C32H35N5O5. The van der Waals surface area contributed by atoms with E-state index in [1.54, 1.807) is 54.7 Å². The highest BCUT2D eigenvalue weighted by molar-refractivity contribution is 6.22. The normalized spacial score (nSPS) is 13.1. The van der Waals surface area contributed by atoms with Crippen LogP contribution in [0.15, 0.2) is 79.0 Å². The monoisotopic (exact) mass is 569 g/mol. The van der Waals surface area contributed by atoms with Crippen molar-refractivity contribution < 1.29 is 24.3 Å². The summed E-state index contributed by atoms with van der Waals surface area (Å²) in [6.45, 7) is 7.80. The second kappa shape index (κ2) is 13.6. The Bertz CT molecular complexity index is 1540. The molecule has 0 radical (unpaired) electrons. The summed E-state index contributed by atoms with van der Waals surface area (Å²) in [6, 6.07) is 19.6. The lowest BCUT2D eigenvalue weighted by atomic mass is 10.0. The van der Waals surface area contributed by atoms with Gasteiger partial charge in [0.2, 0.25) is 0 Å². The van der Waals surface area contributed by atoms with E-state index in [-0.39, 0.29) is 23.5 Å². The van der Waals surface area contributed by atoms with Crippen LogP contribution in [-0.4, -0.2) is 75.8 Å². The third kappa shape index (κ3) is 6.67. The summed E-state index contributed by atoms with van der Waals surface area (Å²) in [7, 11) is 0. The zero-order valence-corrected chi connectivity index (χ0v) is 23.7. The third-order valence-electron chi connectivity index (χ3n) is 7.29. The molecule has 0 unspecified atom stereocenters. The van der Waals surface area contributed by atoms with Crippen LogP contribution in [0, 0.1) is 0 Å². The molecule has 0 saturated heterocycles. The minimum absolute atomic E-state index is 0.0443. The lowest BCUT2D eigenvalue weighted by Gasteiger charge is -2.22. The maximum atomic E-state index is 12.6. The maximum Gasteiger partial charge on any atom is 0.327 e. The van der Waals surface area contributed by atoms with Gasteiger partial charge in [0.25, 0.3) is 17.7 Å². The first-order valence-electron chi connectivity index (χ1n) is 13.9. The largest absolute Gasteiger partial charge is 0.480 e. The predicted octanol–water partition coefficient (Wildman–Crippen LogP) is 3.80. The summed E-state index contributed by atoms with van der Waals surface area (Å²) in [5.41, 5.74) is 9.01. The first-order chi connectivity index (χ1) is 20.2. The molecule has 5 N–H and O–H groups in total. The van der Waals surface area contributed by atoms with Crippen molar-refractivity contribution in [1.29, 1.82) is 0 Å². The third-order valence-corrected chi connectivity index (χ3v) is 7.29. The molecule has 1 aliphatic rings. The van der Waals surface area contributed by atoms with Crippen LogP contribution >= 0.6 is 0 Å². The molecule has 0 aliphatic carbocycles. The van der Waals surface area contributed by atoms with Gasteiger partial charge in [-0.05, 0) is 61.1 Å². The Morgan fingerprint density at radius 2 is 1.52 bits per heavy atom. The van der Waals surface area contributed by atoms with Crippen LogP contribution in [0.25, 0.3) is 10.9 Å². The fourth-order valence-electron chi connectivity index (χ4n) is 4.89. The number of imide groups is 1. The van der Waals surface area contributed by atoms with Gasteiger partial charge in [0, 0.05) is 47.9 Å². The SMILES string of the molecule is CCN(CC)CCNC(=O)c1ccc(N)cc1.O=C(O)[C@H](Cc1c[nH]c2ccccc12)N1C(=O)c2ccccc2C1=O. The van der Waals surface area contributed by atoms with Gasteiger partial charge in [0.1, 0.15) is 6.04 Å². The number of nitrogens with two attached hydrogens (primary N) is 1. The van der Waals surface area contributed by atoms with Gasteiger partial charge >= 0.3 is 5.97 Å². The Hall–Kier alpha value is -4.96. The second-order valence-electron chi connectivity index (χ2n) is 9.85. The molecule has 5 rings (SSSR count). The molecule has 10 nitrogen and oxygen atoms in total. The van der Waals surface area contributed by atoms with Gasteiger partial charge < -0.3 is 26.0 Å². The van der Waals surface area contributed by atoms with E-state index in [2.05, 4.69) is 29.0 Å². The first kappa shape index (κ1) is 30.0. The van der Waals surface area contributed by atoms with Crippen LogP contribution in [-0.2, 0) is 11.2 Å². The van der Waals surface area contributed by atoms with Gasteiger partial charge in [0.05, 0.1) is 11.1 Å². The second-order valence-corrected chi connectivity index (χ2v) is 9.85. The van der Waals surface area contributed by atoms with Crippen LogP contribution in [0.3, 0.4) is 0 Å². The number of carboxylic acids is 1. The van der Waals surface area contributed by atoms with Crippen molar-refractivity contribution in [3.63, 3.8) is 0 Å². The van der Waals surface area contributed by atoms with Crippen molar-refractivity contribution >= 4 is 40.3 Å². The van der Waals surface area contributed by atoms with E-state index in [4.69, 9.17) is 5.73 Å². The summed E-state index contributed by atoms with van der Waals surface area (Å²) >= 11 is 0. The summed E-state index contributed by atoms with van der Waals surface area (Å²) in [5.74, 6) is -2.38. The zero-order chi connectivity index (χ0) is 30.2. The number of amides is 3. The molecule has 218 valence electrons. The number of nitrogens with one attached hydrogen (secondary N) is 2. The van der Waals surface area contributed by atoms with Crippen molar-refractivity contribution in [1.82, 2.24) is 20.1 Å². The molecule has 2 heterocycles. The maximum absolute atomic E-state index is 12.6. The molecule has 0 fully saturated rings. The summed E-state index contributed by atoms with van der Waals surface area (Å²) in [6.07, 6.45) is 1.77. The van der Waals surface area contributed by atoms with Crippen molar-refractivity contribution in [3.05, 3.63) is 101 Å². The van der Waals surface area contributed by atoms with Gasteiger partial charge in [-0.25, -0.2) is 4.79 Å². The Balaban J connectivity index is 0.000000209. The molecule has 10 heteroatoms. The molecule has 4 aromatic rings. The van der Waals surface area contributed by atoms with Crippen molar-refractivity contribution in [2.24, 2.45) is 0 Å². The number of aromatic amines is 1. The van der Waals surface area contributed by atoms with E-state index in [0.717, 1.165) is 41.0 Å². The molecule has 3 amide bonds. The highest BCUT2D eigenvalue weighted by atomic mass is 16.4. The number of benzene rings is 3. The van der Waals surface area contributed by atoms with Crippen LogP contribution in [0.2, 0.25) is 0 Å². The molecule has 0 bridgehead atoms. The molecule has 1 aromatic heterocycles. The van der Waals surface area contributed by atoms with Crippen molar-refractivity contribution in [2.75, 3.05) is 31.9 Å². The number of hydrogen-bond acceptors (Lipinski definition) is 6. The van der Waals surface area contributed by atoms with E-state index in [1.807, 2.05) is 24.3 Å². The number of anilines is 1. The molecule has 1 aliphatic heterocycles. The van der Waals surface area contributed by atoms with Crippen LogP contribution in [0.5, 0.6) is 0 Å². The van der Waals surface area contributed by atoms with Gasteiger partial charge in [-0.3, -0.25) is 19.3 Å². The van der Waals surface area contributed by atoms with E-state index in [0.29, 0.717) is 17.8 Å². The standard InChI is InChI=1S/C19H14N2O4.C13H21N3O/c22-17-13-6-1-2-7-14(13)18(23)21(17)16(19(24)25)9-11-10-20-15-8-4-3-5-12(11)15;1-3-16(4-2)10-9-15-13(17)11-5-7-12(14)8-6-11/h1-8,10,16,20H,9H2,(H,24,25);5-8H,3-4,9-10,14H2,1-2H3,(H,15,17)/t16-;/m0./s1. The fraction of sp³-hybridized carbons (Fsp3) is 0.250. The Labute approximate surface area is 244 Å². The molecule has 0 spiro atoms. The molecule has 0 saturated carbocycles. The molecule has 3 aromatic carbocycles. The van der Waals surface area contributed by atoms with Gasteiger partial charge in [0.15, 0.2) is 0 Å². The highest BCUT2D eigenvalue weighted by Crippen LogP contribution is 2.27. The number of para-hydroxylation sites is 1. The number of carbonyl (C=O) groups is 4. The minimum atomic E-state index is -1.26. The van der Waals surface area contributed by atoms with Crippen LogP contribution < -0.4 is 11.1 Å². The lowest BCUT2D eigenvalue weighted by Crippen LogP contribution is -2.46. The number of carboxylic acid groups (broad SMARTS) is 1. The molecule has 42 heavy (non-hydrogen) atoms. The van der Waals surface area contributed by atoms with Crippen LogP contribution in [0.4, 0.5) is 5.69 Å². The number of carbonyl (C=O) groups excluding carboxylic acids is 3. The van der Waals surface area contributed by atoms with Crippen molar-refractivity contribution in [3.8, 4) is 0 Å². The summed E-state index contributed by atoms with van der Waals surface area (Å²) < 4.78 is 0. The topological polar surface area (TPSA) is 149 Å². The quantitative estimate of drug-likeness (QED) is 0.168. The van der Waals surface area contributed by atoms with Gasteiger partial charge in [-0.1, -0.05) is 44.2 Å². The minimum Gasteiger partial charge on any atom is -0.480 e. The number of aliphatic carboxylic acids is 1. The highest BCUT2D eigenvalue weighted by Gasteiger charge is 2.42. The number of hydrogen-bond donors (Lipinski definition) is 4. The lowest BCUT2D eigenvalue weighted by molar-refractivity contribution is -0.141. The van der Waals surface area contributed by atoms with Gasteiger partial charge in [-0.2, -0.15) is 0 Å². The Kier molecular flexibility index (Phi) is 9.72. The number of rotatable bonds is 10. The predicted molar refractivity (Wildman–Crippen MR) is 161 cm³/mol. The van der Waals surface area contributed by atoms with E-state index >= 15 is 0 Å². The number of nitrogen functional groups attached to an aromatic ring is 1. The van der Waals surface area contributed by atoms with Gasteiger partial charge in [-0.15, -0.1) is 0 Å². The number of likely N-dealkylation sites (N-methyl/N-ethyl adjacent to an activating group) is 1. The number of nitrogens with zero attached hydrogens (tertiary/aromatic N) is 2. The summed E-state index contributed by atoms with van der Waals surface area (Å²) in [4.78, 5) is 54.9. The van der Waals surface area contributed by atoms with E-state index in [9.17, 15) is 24.3 Å². The smallest absolute Gasteiger partial charge is 0.327 e. The fourth-order valence-corrected chi connectivity index (χ4v) is 4.89. The molecule has 1 atom stereocenters. The summed E-state index contributed by atoms with van der Waals surface area (Å²) in [5, 5.41) is 13.4. The zero-order valence-electron chi connectivity index (χ0n) is 23.7. The number of fused-ring (bicyclic) bond motifs is 2. The number of aromatic nitrogens is 1. The van der Waals surface area contributed by atoms with Crippen molar-refractivity contribution in [2.45, 2.75) is 26.3 Å². The Morgan fingerprint density at radius 1 is 0.929 bits per heavy atom. The average Bonchev–Trinajstić information content (AvgIpc) is 3.52. The van der Waals surface area contributed by atoms with E-state index in [1.165, 1.54) is 0 Å². The molecular weight excluding hydrogens is 534 g/mol. The average molecular weight is 570 g/mol. The first-order valence-corrected chi connectivity index (χ1v) is 13.9. The van der Waals surface area contributed by atoms with Crippen LogP contribution in [0.1, 0.15) is 50.5 Å².